The number of rotatable bonds is 6. The van der Waals surface area contributed by atoms with E-state index in [1.54, 1.807) is 0 Å². The van der Waals surface area contributed by atoms with Gasteiger partial charge >= 0.3 is 0 Å². The highest BCUT2D eigenvalue weighted by Gasteiger charge is 2.17. The van der Waals surface area contributed by atoms with Crippen LogP contribution in [0.1, 0.15) is 54.7 Å². The van der Waals surface area contributed by atoms with E-state index in [1.807, 2.05) is 55.6 Å². The second-order valence-corrected chi connectivity index (χ2v) is 7.92. The third-order valence-electron chi connectivity index (χ3n) is 5.61. The maximum Gasteiger partial charge on any atom is 0.224 e. The van der Waals surface area contributed by atoms with E-state index in [9.17, 15) is 4.79 Å². The minimum Gasteiger partial charge on any atom is -0.490 e. The van der Waals surface area contributed by atoms with E-state index < -0.39 is 0 Å². The average Bonchev–Trinajstić information content (AvgIpc) is 3.31. The fraction of sp³-hybridized carbons (Fsp3) is 0.435. The number of anilines is 1. The molecule has 1 saturated carbocycles. The topological polar surface area (TPSA) is 68.5 Å². The number of fused-ring (bicyclic) bond motifs is 1. The van der Waals surface area contributed by atoms with Crippen LogP contribution in [0.4, 0.5) is 5.69 Å². The van der Waals surface area contributed by atoms with Crippen molar-refractivity contribution in [3.8, 4) is 5.75 Å². The Bertz CT molecular complexity index is 1030. The van der Waals surface area contributed by atoms with Gasteiger partial charge in [0.15, 0.2) is 5.65 Å². The minimum absolute atomic E-state index is 0.0152. The van der Waals surface area contributed by atoms with Gasteiger partial charge in [-0.15, -0.1) is 0 Å². The molecule has 2 aromatic heterocycles. The molecule has 1 aliphatic rings. The molecule has 0 radical (unpaired) electrons. The highest BCUT2D eigenvalue weighted by molar-refractivity contribution is 5.91. The third-order valence-corrected chi connectivity index (χ3v) is 5.61. The van der Waals surface area contributed by atoms with Crippen molar-refractivity contribution < 1.29 is 9.53 Å². The average molecular weight is 393 g/mol. The molecule has 1 aliphatic carbocycles. The molecule has 3 aromatic rings. The zero-order chi connectivity index (χ0) is 20.4. The number of nitrogens with one attached hydrogen (secondary N) is 1. The van der Waals surface area contributed by atoms with E-state index in [1.165, 1.54) is 12.8 Å². The van der Waals surface area contributed by atoms with E-state index in [4.69, 9.17) is 4.74 Å². The van der Waals surface area contributed by atoms with E-state index in [-0.39, 0.29) is 5.91 Å². The van der Waals surface area contributed by atoms with Gasteiger partial charge < -0.3 is 10.1 Å². The Morgan fingerprint density at radius 3 is 2.79 bits per heavy atom. The van der Waals surface area contributed by atoms with Crippen molar-refractivity contribution in [2.45, 2.75) is 65.4 Å². The Labute approximate surface area is 171 Å². The van der Waals surface area contributed by atoms with Crippen LogP contribution in [0.3, 0.4) is 0 Å². The van der Waals surface area contributed by atoms with Crippen LogP contribution in [0.2, 0.25) is 0 Å². The van der Waals surface area contributed by atoms with Crippen molar-refractivity contribution in [1.82, 2.24) is 14.6 Å². The maximum atomic E-state index is 12.5. The Kier molecular flexibility index (Phi) is 5.51. The molecule has 0 spiro atoms. The molecule has 0 aliphatic heterocycles. The number of aryl methyl sites for hydroxylation is 3. The maximum absolute atomic E-state index is 12.5. The summed E-state index contributed by atoms with van der Waals surface area (Å²) in [5, 5.41) is 7.50. The molecular weight excluding hydrogens is 364 g/mol. The first kappa shape index (κ1) is 19.4. The van der Waals surface area contributed by atoms with Gasteiger partial charge in [0.25, 0.3) is 0 Å². The van der Waals surface area contributed by atoms with Crippen LogP contribution >= 0.6 is 0 Å². The number of hydrogen-bond acceptors (Lipinski definition) is 4. The molecular formula is C23H28N4O2. The summed E-state index contributed by atoms with van der Waals surface area (Å²) in [5.74, 6) is 0.809. The van der Waals surface area contributed by atoms with Crippen LogP contribution in [0, 0.1) is 20.8 Å². The van der Waals surface area contributed by atoms with Crippen molar-refractivity contribution in [2.24, 2.45) is 0 Å². The molecule has 2 heterocycles. The van der Waals surface area contributed by atoms with E-state index in [2.05, 4.69) is 15.4 Å². The predicted molar refractivity (Wildman–Crippen MR) is 113 cm³/mol. The highest BCUT2D eigenvalue weighted by atomic mass is 16.5. The molecule has 1 N–H and O–H groups in total. The zero-order valence-electron chi connectivity index (χ0n) is 17.4. The van der Waals surface area contributed by atoms with Gasteiger partial charge in [0, 0.05) is 35.6 Å². The number of benzene rings is 1. The number of ether oxygens (including phenoxy) is 1. The van der Waals surface area contributed by atoms with E-state index >= 15 is 0 Å². The van der Waals surface area contributed by atoms with Gasteiger partial charge in [-0.3, -0.25) is 4.79 Å². The largest absolute Gasteiger partial charge is 0.490 e. The molecule has 4 rings (SSSR count). The lowest BCUT2D eigenvalue weighted by molar-refractivity contribution is -0.116. The van der Waals surface area contributed by atoms with E-state index in [0.29, 0.717) is 18.9 Å². The monoisotopic (exact) mass is 392 g/mol. The molecule has 0 atom stereocenters. The quantitative estimate of drug-likeness (QED) is 0.668. The Balaban J connectivity index is 1.40. The molecule has 29 heavy (non-hydrogen) atoms. The molecule has 1 fully saturated rings. The zero-order valence-corrected chi connectivity index (χ0v) is 17.4. The van der Waals surface area contributed by atoms with Crippen LogP contribution in [-0.2, 0) is 11.2 Å². The molecule has 1 amide bonds. The lowest BCUT2D eigenvalue weighted by atomic mass is 10.1. The van der Waals surface area contributed by atoms with Gasteiger partial charge in [-0.25, -0.2) is 9.50 Å². The SMILES string of the molecule is Cc1cc2nc(C)c(CCC(=O)Nc3cccc(OC4CCCC4)c3)c(C)n2n1. The lowest BCUT2D eigenvalue weighted by Gasteiger charge is -2.14. The van der Waals surface area contributed by atoms with Crippen molar-refractivity contribution in [3.63, 3.8) is 0 Å². The number of amides is 1. The van der Waals surface area contributed by atoms with Crippen molar-refractivity contribution >= 4 is 17.2 Å². The number of aromatic nitrogens is 3. The van der Waals surface area contributed by atoms with Crippen LogP contribution in [-0.4, -0.2) is 26.6 Å². The molecule has 0 bridgehead atoms. The standard InChI is InChI=1S/C23H28N4O2/c1-15-13-22-24-16(2)21(17(3)27(22)26-15)11-12-23(28)25-18-7-6-10-20(14-18)29-19-8-4-5-9-19/h6-7,10,13-14,19H,4-5,8-9,11-12H2,1-3H3,(H,25,28). The second kappa shape index (κ2) is 8.23. The molecule has 6 heteroatoms. The lowest BCUT2D eigenvalue weighted by Crippen LogP contribution is -2.15. The summed E-state index contributed by atoms with van der Waals surface area (Å²) < 4.78 is 7.89. The number of carbonyl (C=O) groups is 1. The molecule has 0 saturated heterocycles. The summed E-state index contributed by atoms with van der Waals surface area (Å²) >= 11 is 0. The van der Waals surface area contributed by atoms with Crippen LogP contribution < -0.4 is 10.1 Å². The van der Waals surface area contributed by atoms with Gasteiger partial charge in [-0.1, -0.05) is 6.07 Å². The third kappa shape index (κ3) is 4.42. The summed E-state index contributed by atoms with van der Waals surface area (Å²) in [6.45, 7) is 5.98. The molecule has 1 aromatic carbocycles. The smallest absolute Gasteiger partial charge is 0.224 e. The normalized spacial score (nSPS) is 14.4. The van der Waals surface area contributed by atoms with Crippen LogP contribution in [0.5, 0.6) is 5.75 Å². The fourth-order valence-electron chi connectivity index (χ4n) is 4.11. The number of carbonyl (C=O) groups excluding carboxylic acids is 1. The molecule has 6 nitrogen and oxygen atoms in total. The van der Waals surface area contributed by atoms with Gasteiger partial charge in [0.05, 0.1) is 11.8 Å². The van der Waals surface area contributed by atoms with E-state index in [0.717, 1.165) is 52.6 Å². The van der Waals surface area contributed by atoms with Gasteiger partial charge in [-0.05, 0) is 70.6 Å². The Morgan fingerprint density at radius 1 is 1.21 bits per heavy atom. The minimum atomic E-state index is -0.0152. The van der Waals surface area contributed by atoms with Crippen LogP contribution in [0.25, 0.3) is 5.65 Å². The van der Waals surface area contributed by atoms with Crippen molar-refractivity contribution in [3.05, 3.63) is 53.0 Å². The first-order valence-corrected chi connectivity index (χ1v) is 10.4. The first-order valence-electron chi connectivity index (χ1n) is 10.4. The molecule has 152 valence electrons. The van der Waals surface area contributed by atoms with Gasteiger partial charge in [-0.2, -0.15) is 5.10 Å². The Hall–Kier alpha value is -2.89. The van der Waals surface area contributed by atoms with Gasteiger partial charge in [0.1, 0.15) is 5.75 Å². The molecule has 0 unspecified atom stereocenters. The summed E-state index contributed by atoms with van der Waals surface area (Å²) in [5.41, 5.74) is 5.64. The Morgan fingerprint density at radius 2 is 2.00 bits per heavy atom. The van der Waals surface area contributed by atoms with Crippen LogP contribution in [0.15, 0.2) is 30.3 Å². The highest BCUT2D eigenvalue weighted by Crippen LogP contribution is 2.26. The van der Waals surface area contributed by atoms with Crippen molar-refractivity contribution in [1.29, 1.82) is 0 Å². The summed E-state index contributed by atoms with van der Waals surface area (Å²) in [6, 6.07) is 9.65. The van der Waals surface area contributed by atoms with Gasteiger partial charge in [0.2, 0.25) is 5.91 Å². The number of hydrogen-bond donors (Lipinski definition) is 1. The van der Waals surface area contributed by atoms with Crippen molar-refractivity contribution in [2.75, 3.05) is 5.32 Å². The fourth-order valence-corrected chi connectivity index (χ4v) is 4.11. The second-order valence-electron chi connectivity index (χ2n) is 7.92. The summed E-state index contributed by atoms with van der Waals surface area (Å²) in [7, 11) is 0. The summed E-state index contributed by atoms with van der Waals surface area (Å²) in [6.07, 6.45) is 6.02. The number of nitrogens with zero attached hydrogens (tertiary/aromatic N) is 3. The summed E-state index contributed by atoms with van der Waals surface area (Å²) in [4.78, 5) is 17.2. The predicted octanol–water partition coefficient (Wildman–Crippen LogP) is 4.55. The first-order chi connectivity index (χ1) is 14.0.